The summed E-state index contributed by atoms with van der Waals surface area (Å²) in [5, 5.41) is 0.569. The molecule has 7 nitrogen and oxygen atoms in total. The molecule has 0 aliphatic heterocycles. The number of carbonyl (C=O) groups excluding carboxylic acids is 2. The zero-order chi connectivity index (χ0) is 26.4. The second-order valence-corrected chi connectivity index (χ2v) is 9.38. The van der Waals surface area contributed by atoms with Gasteiger partial charge in [0, 0.05) is 29.8 Å². The molecule has 0 bridgehead atoms. The summed E-state index contributed by atoms with van der Waals surface area (Å²) in [4.78, 5) is 35.4. The number of hydrogen-bond donors (Lipinski definition) is 0. The second-order valence-electron chi connectivity index (χ2n) is 8.40. The normalized spacial score (nSPS) is 11.1. The number of likely N-dealkylation sites (N-methyl/N-ethyl adjacent to an activating group) is 1. The quantitative estimate of drug-likeness (QED) is 0.244. The topological polar surface area (TPSA) is 72.0 Å². The number of thiazole rings is 1. The zero-order valence-corrected chi connectivity index (χ0v) is 22.4. The van der Waals surface area contributed by atoms with Crippen LogP contribution in [0.5, 0.6) is 11.5 Å². The number of rotatable bonds is 11. The van der Waals surface area contributed by atoms with Gasteiger partial charge in [-0.25, -0.2) is 4.98 Å². The maximum absolute atomic E-state index is 13.8. The maximum Gasteiger partial charge on any atom is 0.260 e. The van der Waals surface area contributed by atoms with E-state index >= 15 is 0 Å². The number of fused-ring (bicyclic) bond motifs is 1. The molecule has 0 atom stereocenters. The van der Waals surface area contributed by atoms with Gasteiger partial charge < -0.3 is 14.4 Å². The highest BCUT2D eigenvalue weighted by Crippen LogP contribution is 2.40. The predicted octanol–water partition coefficient (Wildman–Crippen LogP) is 5.53. The van der Waals surface area contributed by atoms with Gasteiger partial charge in [-0.3, -0.25) is 14.5 Å². The van der Waals surface area contributed by atoms with Crippen LogP contribution in [0.4, 0.5) is 5.13 Å². The summed E-state index contributed by atoms with van der Waals surface area (Å²) < 4.78 is 11.9. The van der Waals surface area contributed by atoms with Crippen LogP contribution >= 0.6 is 11.3 Å². The van der Waals surface area contributed by atoms with Crippen molar-refractivity contribution in [1.82, 2.24) is 9.88 Å². The van der Waals surface area contributed by atoms with Gasteiger partial charge in [0.05, 0.1) is 14.2 Å². The number of nitrogens with zero attached hydrogens (tertiary/aromatic N) is 3. The van der Waals surface area contributed by atoms with Crippen molar-refractivity contribution in [2.45, 2.75) is 13.8 Å². The Morgan fingerprint density at radius 3 is 2.00 bits per heavy atom. The van der Waals surface area contributed by atoms with Crippen LogP contribution in [0.3, 0.4) is 0 Å². The molecule has 0 aliphatic rings. The number of anilines is 1. The van der Waals surface area contributed by atoms with E-state index in [0.717, 1.165) is 17.8 Å². The highest BCUT2D eigenvalue weighted by atomic mass is 32.1. The van der Waals surface area contributed by atoms with Crippen molar-refractivity contribution in [2.24, 2.45) is 0 Å². The molecule has 4 aromatic rings. The van der Waals surface area contributed by atoms with Crippen LogP contribution in [0, 0.1) is 0 Å². The number of ketones is 1. The van der Waals surface area contributed by atoms with E-state index in [1.54, 1.807) is 55.5 Å². The van der Waals surface area contributed by atoms with Crippen LogP contribution in [0.1, 0.15) is 40.1 Å². The lowest BCUT2D eigenvalue weighted by molar-refractivity contribution is 0.0981. The van der Waals surface area contributed by atoms with Crippen LogP contribution in [-0.2, 0) is 0 Å². The number of ether oxygens (including phenoxy) is 2. The first kappa shape index (κ1) is 26.3. The Labute approximate surface area is 221 Å². The van der Waals surface area contributed by atoms with Crippen LogP contribution in [-0.4, -0.2) is 62.0 Å². The third-order valence-corrected chi connectivity index (χ3v) is 7.43. The predicted molar refractivity (Wildman–Crippen MR) is 149 cm³/mol. The molecule has 4 rings (SSSR count). The van der Waals surface area contributed by atoms with E-state index in [0.29, 0.717) is 51.9 Å². The Hall–Kier alpha value is -3.75. The van der Waals surface area contributed by atoms with Crippen molar-refractivity contribution in [3.05, 3.63) is 83.4 Å². The minimum atomic E-state index is -0.178. The zero-order valence-electron chi connectivity index (χ0n) is 21.6. The molecule has 0 N–H and O–H groups in total. The Morgan fingerprint density at radius 2 is 1.38 bits per heavy atom. The minimum absolute atomic E-state index is 0.0802. The molecule has 1 aromatic heterocycles. The Morgan fingerprint density at radius 1 is 0.784 bits per heavy atom. The summed E-state index contributed by atoms with van der Waals surface area (Å²) in [6, 6.07) is 19.6. The summed E-state index contributed by atoms with van der Waals surface area (Å²) >= 11 is 1.40. The van der Waals surface area contributed by atoms with Crippen molar-refractivity contribution < 1.29 is 19.1 Å². The summed E-state index contributed by atoms with van der Waals surface area (Å²) in [7, 11) is 3.21. The molecule has 37 heavy (non-hydrogen) atoms. The summed E-state index contributed by atoms with van der Waals surface area (Å²) in [5.74, 6) is 1.05. The molecular formula is C29H31N3O4S. The first-order valence-corrected chi connectivity index (χ1v) is 13.1. The van der Waals surface area contributed by atoms with E-state index in [1.165, 1.54) is 11.3 Å². The third-order valence-electron chi connectivity index (χ3n) is 6.34. The van der Waals surface area contributed by atoms with Gasteiger partial charge in [-0.2, -0.15) is 0 Å². The summed E-state index contributed by atoms with van der Waals surface area (Å²) in [6.07, 6.45) is 0. The molecule has 192 valence electrons. The molecule has 0 spiro atoms. The smallest absolute Gasteiger partial charge is 0.260 e. The Balaban J connectivity index is 1.68. The largest absolute Gasteiger partial charge is 0.495 e. The molecular weight excluding hydrogens is 486 g/mol. The van der Waals surface area contributed by atoms with Gasteiger partial charge in [0.15, 0.2) is 10.9 Å². The Bertz CT molecular complexity index is 1320. The Kier molecular flexibility index (Phi) is 8.53. The van der Waals surface area contributed by atoms with Crippen molar-refractivity contribution in [1.29, 1.82) is 0 Å². The van der Waals surface area contributed by atoms with Gasteiger partial charge in [-0.05, 0) is 37.4 Å². The molecule has 0 aliphatic carbocycles. The van der Waals surface area contributed by atoms with Crippen LogP contribution in [0.15, 0.2) is 66.7 Å². The van der Waals surface area contributed by atoms with Gasteiger partial charge in [-0.15, -0.1) is 0 Å². The number of hydrogen-bond acceptors (Lipinski definition) is 7. The summed E-state index contributed by atoms with van der Waals surface area (Å²) in [6.45, 7) is 7.15. The van der Waals surface area contributed by atoms with Crippen molar-refractivity contribution >= 4 is 38.4 Å². The van der Waals surface area contributed by atoms with Crippen LogP contribution in [0.2, 0.25) is 0 Å². The molecule has 1 heterocycles. The number of amides is 1. The molecule has 1 amide bonds. The van der Waals surface area contributed by atoms with E-state index in [1.807, 2.05) is 30.3 Å². The monoisotopic (exact) mass is 517 g/mol. The fraction of sp³-hybridized carbons (Fsp3) is 0.276. The number of benzene rings is 3. The van der Waals surface area contributed by atoms with E-state index in [4.69, 9.17) is 14.5 Å². The van der Waals surface area contributed by atoms with E-state index in [-0.39, 0.29) is 11.7 Å². The first-order valence-electron chi connectivity index (χ1n) is 12.3. The highest BCUT2D eigenvalue weighted by molar-refractivity contribution is 7.22. The lowest BCUT2D eigenvalue weighted by Crippen LogP contribution is -2.38. The molecule has 0 radical (unpaired) electrons. The molecule has 0 unspecified atom stereocenters. The molecule has 3 aromatic carbocycles. The average Bonchev–Trinajstić information content (AvgIpc) is 3.40. The fourth-order valence-electron chi connectivity index (χ4n) is 4.13. The van der Waals surface area contributed by atoms with Gasteiger partial charge in [0.2, 0.25) is 0 Å². The van der Waals surface area contributed by atoms with Gasteiger partial charge in [-0.1, -0.05) is 67.6 Å². The van der Waals surface area contributed by atoms with Gasteiger partial charge in [0.1, 0.15) is 21.7 Å². The van der Waals surface area contributed by atoms with Crippen LogP contribution < -0.4 is 14.4 Å². The van der Waals surface area contributed by atoms with Crippen molar-refractivity contribution in [3.8, 4) is 11.5 Å². The first-order chi connectivity index (χ1) is 18.0. The third kappa shape index (κ3) is 5.65. The van der Waals surface area contributed by atoms with Gasteiger partial charge >= 0.3 is 0 Å². The number of methoxy groups -OCH3 is 2. The molecule has 0 saturated heterocycles. The number of carbonyl (C=O) groups is 2. The SMILES string of the molecule is CCN(CC)CCN(C(=O)c1ccc(C(=O)c2ccccc2)cc1)c1nc2c(OC)ccc(OC)c2s1. The van der Waals surface area contributed by atoms with Crippen LogP contribution in [0.25, 0.3) is 10.2 Å². The fourth-order valence-corrected chi connectivity index (χ4v) is 5.23. The van der Waals surface area contributed by atoms with E-state index in [2.05, 4.69) is 18.7 Å². The number of aromatic nitrogens is 1. The minimum Gasteiger partial charge on any atom is -0.495 e. The molecule has 0 fully saturated rings. The molecule has 8 heteroatoms. The maximum atomic E-state index is 13.8. The van der Waals surface area contributed by atoms with Gasteiger partial charge in [0.25, 0.3) is 5.91 Å². The molecule has 0 saturated carbocycles. The lowest BCUT2D eigenvalue weighted by Gasteiger charge is -2.24. The van der Waals surface area contributed by atoms with E-state index < -0.39 is 0 Å². The average molecular weight is 518 g/mol. The van der Waals surface area contributed by atoms with Crippen molar-refractivity contribution in [2.75, 3.05) is 45.3 Å². The summed E-state index contributed by atoms with van der Waals surface area (Å²) in [5.41, 5.74) is 2.29. The lowest BCUT2D eigenvalue weighted by atomic mass is 10.0. The second kappa shape index (κ2) is 12.0. The van der Waals surface area contributed by atoms with Crippen molar-refractivity contribution in [3.63, 3.8) is 0 Å². The standard InChI is InChI=1S/C29H31N3O4S/c1-5-31(6-2)18-19-32(29-30-25-23(35-3)16-17-24(36-4)27(25)37-29)28(34)22-14-12-21(13-15-22)26(33)20-10-8-7-9-11-20/h7-17H,5-6,18-19H2,1-4H3. The highest BCUT2D eigenvalue weighted by Gasteiger charge is 2.24. The van der Waals surface area contributed by atoms with E-state index in [9.17, 15) is 9.59 Å².